The second kappa shape index (κ2) is 29.3. The van der Waals surface area contributed by atoms with E-state index < -0.39 is 6.10 Å². The molecule has 2 unspecified atom stereocenters. The van der Waals surface area contributed by atoms with Crippen LogP contribution < -0.4 is 0 Å². The van der Waals surface area contributed by atoms with Crippen LogP contribution in [0.2, 0.25) is 0 Å². The molecule has 0 bridgehead atoms. The molecule has 0 radical (unpaired) electrons. The van der Waals surface area contributed by atoms with E-state index in [9.17, 15) is 14.7 Å². The van der Waals surface area contributed by atoms with Gasteiger partial charge in [-0.3, -0.25) is 9.59 Å². The maximum absolute atomic E-state index is 12.1. The first kappa shape index (κ1) is 39.6. The van der Waals surface area contributed by atoms with E-state index in [1.165, 1.54) is 96.3 Å². The van der Waals surface area contributed by atoms with Gasteiger partial charge in [-0.2, -0.15) is 0 Å². The summed E-state index contributed by atoms with van der Waals surface area (Å²) < 4.78 is 16.3. The Morgan fingerprint density at radius 2 is 1.16 bits per heavy atom. The summed E-state index contributed by atoms with van der Waals surface area (Å²) in [5, 5.41) is 9.53. The molecule has 43 heavy (non-hydrogen) atoms. The number of epoxide rings is 1. The number of rotatable bonds is 32. The third kappa shape index (κ3) is 25.6. The summed E-state index contributed by atoms with van der Waals surface area (Å²) in [5.41, 5.74) is 0. The predicted octanol–water partition coefficient (Wildman–Crippen LogP) is 9.94. The number of hydrogen-bond acceptors (Lipinski definition) is 6. The number of esters is 2. The van der Waals surface area contributed by atoms with Gasteiger partial charge in [0.2, 0.25) is 0 Å². The fourth-order valence-electron chi connectivity index (χ4n) is 5.56. The molecule has 1 aliphatic rings. The number of unbranched alkanes of at least 4 members (excludes halogenated alkanes) is 19. The van der Waals surface area contributed by atoms with Gasteiger partial charge in [0.1, 0.15) is 6.61 Å². The van der Waals surface area contributed by atoms with Crippen molar-refractivity contribution >= 4 is 11.9 Å². The van der Waals surface area contributed by atoms with Crippen LogP contribution in [-0.4, -0.2) is 48.6 Å². The molecule has 0 spiro atoms. The minimum Gasteiger partial charge on any atom is -0.462 e. The standard InChI is InChI=1S/C37H68O6/c1-3-5-7-8-9-10-11-12-13-14-18-21-25-29-36(39)41-32-33(31-38)42-37(40)30-26-22-19-16-15-17-20-24-28-35-34(43-35)27-23-6-4-2/h20,24,33-35,38H,3-19,21-23,25-32H2,1-2H3/b24-20-/t33-,34?,35?/m0/s1. The molecular formula is C37H68O6. The molecule has 0 aliphatic carbocycles. The Hall–Kier alpha value is -1.40. The maximum Gasteiger partial charge on any atom is 0.306 e. The highest BCUT2D eigenvalue weighted by molar-refractivity contribution is 5.70. The van der Waals surface area contributed by atoms with E-state index >= 15 is 0 Å². The van der Waals surface area contributed by atoms with Crippen LogP contribution >= 0.6 is 0 Å². The molecule has 1 aliphatic heterocycles. The molecule has 1 heterocycles. The van der Waals surface area contributed by atoms with Crippen molar-refractivity contribution in [1.29, 1.82) is 0 Å². The van der Waals surface area contributed by atoms with Gasteiger partial charge in [0, 0.05) is 12.8 Å². The van der Waals surface area contributed by atoms with Gasteiger partial charge in [-0.15, -0.1) is 0 Å². The zero-order valence-electron chi connectivity index (χ0n) is 28.2. The van der Waals surface area contributed by atoms with Gasteiger partial charge in [-0.05, 0) is 38.5 Å². The minimum atomic E-state index is -0.775. The third-order valence-corrected chi connectivity index (χ3v) is 8.48. The molecule has 0 amide bonds. The second-order valence-corrected chi connectivity index (χ2v) is 12.7. The van der Waals surface area contributed by atoms with E-state index in [0.29, 0.717) is 25.0 Å². The van der Waals surface area contributed by atoms with Gasteiger partial charge in [0.25, 0.3) is 0 Å². The summed E-state index contributed by atoms with van der Waals surface area (Å²) >= 11 is 0. The van der Waals surface area contributed by atoms with Crippen molar-refractivity contribution in [3.63, 3.8) is 0 Å². The number of aliphatic hydroxyl groups excluding tert-OH is 1. The van der Waals surface area contributed by atoms with E-state index in [-0.39, 0.29) is 25.2 Å². The normalized spacial score (nSPS) is 16.9. The fourth-order valence-corrected chi connectivity index (χ4v) is 5.56. The maximum atomic E-state index is 12.1. The SMILES string of the molecule is CCCCCCCCCCCCCCCC(=O)OC[C@H](CO)OC(=O)CCCCCCC/C=C\CC1OC1CCCCC. The van der Waals surface area contributed by atoms with Gasteiger partial charge in [-0.1, -0.05) is 142 Å². The van der Waals surface area contributed by atoms with Crippen LogP contribution in [0.4, 0.5) is 0 Å². The quantitative estimate of drug-likeness (QED) is 0.0354. The molecule has 0 saturated carbocycles. The Labute approximate surface area is 265 Å². The van der Waals surface area contributed by atoms with Crippen molar-refractivity contribution in [3.05, 3.63) is 12.2 Å². The minimum absolute atomic E-state index is 0.0700. The Morgan fingerprint density at radius 3 is 1.74 bits per heavy atom. The van der Waals surface area contributed by atoms with E-state index in [1.54, 1.807) is 0 Å². The summed E-state index contributed by atoms with van der Waals surface area (Å²) in [6.07, 6.45) is 34.3. The van der Waals surface area contributed by atoms with Crippen molar-refractivity contribution in [3.8, 4) is 0 Å². The lowest BCUT2D eigenvalue weighted by atomic mass is 10.0. The smallest absolute Gasteiger partial charge is 0.306 e. The van der Waals surface area contributed by atoms with Crippen LogP contribution in [0.15, 0.2) is 12.2 Å². The molecule has 252 valence electrons. The highest BCUT2D eigenvalue weighted by Crippen LogP contribution is 2.30. The second-order valence-electron chi connectivity index (χ2n) is 12.7. The molecule has 1 rings (SSSR count). The Balaban J connectivity index is 1.88. The molecule has 3 atom stereocenters. The summed E-state index contributed by atoms with van der Waals surface area (Å²) in [7, 11) is 0. The van der Waals surface area contributed by atoms with Gasteiger partial charge in [-0.25, -0.2) is 0 Å². The predicted molar refractivity (Wildman–Crippen MR) is 177 cm³/mol. The van der Waals surface area contributed by atoms with E-state index in [0.717, 1.165) is 57.8 Å². The number of carbonyl (C=O) groups excluding carboxylic acids is 2. The average Bonchev–Trinajstić information content (AvgIpc) is 3.76. The highest BCUT2D eigenvalue weighted by atomic mass is 16.6. The van der Waals surface area contributed by atoms with Crippen LogP contribution in [-0.2, 0) is 23.8 Å². The van der Waals surface area contributed by atoms with Gasteiger partial charge in [0.05, 0.1) is 18.8 Å². The van der Waals surface area contributed by atoms with Crippen molar-refractivity contribution < 1.29 is 28.9 Å². The van der Waals surface area contributed by atoms with Crippen molar-refractivity contribution in [1.82, 2.24) is 0 Å². The Bertz CT molecular complexity index is 678. The monoisotopic (exact) mass is 609 g/mol. The number of allylic oxidation sites excluding steroid dienone is 1. The van der Waals surface area contributed by atoms with E-state index in [1.807, 2.05) is 0 Å². The summed E-state index contributed by atoms with van der Waals surface area (Å²) in [4.78, 5) is 24.2. The number of carbonyl (C=O) groups is 2. The van der Waals surface area contributed by atoms with Crippen LogP contribution in [0.1, 0.15) is 181 Å². The molecule has 0 aromatic heterocycles. The zero-order valence-corrected chi connectivity index (χ0v) is 28.2. The molecule has 6 heteroatoms. The number of ether oxygens (including phenoxy) is 3. The van der Waals surface area contributed by atoms with Crippen molar-refractivity contribution in [2.75, 3.05) is 13.2 Å². The third-order valence-electron chi connectivity index (χ3n) is 8.48. The fraction of sp³-hybridized carbons (Fsp3) is 0.892. The summed E-state index contributed by atoms with van der Waals surface area (Å²) in [5.74, 6) is -0.607. The first-order valence-electron chi connectivity index (χ1n) is 18.4. The number of aliphatic hydroxyl groups is 1. The molecule has 6 nitrogen and oxygen atoms in total. The van der Waals surface area contributed by atoms with Crippen LogP contribution in [0.3, 0.4) is 0 Å². The van der Waals surface area contributed by atoms with E-state index in [2.05, 4.69) is 26.0 Å². The Morgan fingerprint density at radius 1 is 0.651 bits per heavy atom. The summed E-state index contributed by atoms with van der Waals surface area (Å²) in [6.45, 7) is 4.09. The first-order chi connectivity index (χ1) is 21.1. The molecule has 0 aromatic carbocycles. The van der Waals surface area contributed by atoms with Gasteiger partial charge >= 0.3 is 11.9 Å². The lowest BCUT2D eigenvalue weighted by Gasteiger charge is -2.15. The van der Waals surface area contributed by atoms with E-state index in [4.69, 9.17) is 14.2 Å². The zero-order chi connectivity index (χ0) is 31.2. The van der Waals surface area contributed by atoms with Crippen LogP contribution in [0.5, 0.6) is 0 Å². The van der Waals surface area contributed by atoms with Crippen molar-refractivity contribution in [2.24, 2.45) is 0 Å². The summed E-state index contributed by atoms with van der Waals surface area (Å²) in [6, 6.07) is 0. The van der Waals surface area contributed by atoms with Crippen LogP contribution in [0.25, 0.3) is 0 Å². The topological polar surface area (TPSA) is 85.4 Å². The van der Waals surface area contributed by atoms with Gasteiger partial charge in [0.15, 0.2) is 6.10 Å². The average molecular weight is 609 g/mol. The van der Waals surface area contributed by atoms with Crippen molar-refractivity contribution in [2.45, 2.75) is 199 Å². The highest BCUT2D eigenvalue weighted by Gasteiger charge is 2.36. The molecule has 1 saturated heterocycles. The largest absolute Gasteiger partial charge is 0.462 e. The van der Waals surface area contributed by atoms with Gasteiger partial charge < -0.3 is 19.3 Å². The molecule has 0 aromatic rings. The number of hydrogen-bond donors (Lipinski definition) is 1. The lowest BCUT2D eigenvalue weighted by molar-refractivity contribution is -0.161. The lowest BCUT2D eigenvalue weighted by Crippen LogP contribution is -2.28. The van der Waals surface area contributed by atoms with Crippen LogP contribution in [0, 0.1) is 0 Å². The molecular weight excluding hydrogens is 540 g/mol. The molecule has 1 fully saturated rings. The molecule has 1 N–H and O–H groups in total. The first-order valence-corrected chi connectivity index (χ1v) is 18.4. The Kier molecular flexibility index (Phi) is 27.0.